The highest BCUT2D eigenvalue weighted by molar-refractivity contribution is 7.99. The molecule has 2 aliphatic heterocycles. The van der Waals surface area contributed by atoms with Gasteiger partial charge >= 0.3 is 5.97 Å². The second-order valence-electron chi connectivity index (χ2n) is 17.7. The van der Waals surface area contributed by atoms with Gasteiger partial charge in [0.25, 0.3) is 10.0 Å². The minimum Gasteiger partial charge on any atom is -0.768 e. The maximum atomic E-state index is 13.7. The molecular weight excluding hydrogens is 940 g/mol. The molecule has 0 saturated carbocycles. The molecule has 1 aromatic heterocycles. The fourth-order valence-corrected chi connectivity index (χ4v) is 11.8. The SMILES string of the molecule is Cc1c(C(=O)O)c(-c2cccc(N3CCN(c4ccc(NS(=O)(=O)c5ccc(N[C@H](CCN6CCC(C)(O)CC6)CSc6ccccc6)c(S(=O)[O-])c5)cc4)CC3)c2)c(-c2ccc(Cl)cc2)n1C. The van der Waals surface area contributed by atoms with Crippen molar-refractivity contribution in [3.05, 3.63) is 138 Å². The Kier molecular flexibility index (Phi) is 15.3. The lowest BCUT2D eigenvalue weighted by atomic mass is 9.94. The van der Waals surface area contributed by atoms with Gasteiger partial charge in [0.15, 0.2) is 0 Å². The number of sulfonamides is 1. The Morgan fingerprint density at radius 1 is 0.853 bits per heavy atom. The van der Waals surface area contributed by atoms with Gasteiger partial charge in [0.2, 0.25) is 0 Å². The molecular formula is C51H56ClN6O7S3-. The zero-order chi connectivity index (χ0) is 48.2. The van der Waals surface area contributed by atoms with E-state index in [2.05, 4.69) is 24.7 Å². The molecule has 358 valence electrons. The molecule has 2 fully saturated rings. The van der Waals surface area contributed by atoms with Crippen LogP contribution in [0.15, 0.2) is 136 Å². The van der Waals surface area contributed by atoms with Gasteiger partial charge in [0, 0.05) is 113 Å². The number of aromatic nitrogens is 1. The van der Waals surface area contributed by atoms with Gasteiger partial charge in [0.05, 0.1) is 21.8 Å². The first-order chi connectivity index (χ1) is 32.5. The molecule has 68 heavy (non-hydrogen) atoms. The van der Waals surface area contributed by atoms with Crippen molar-refractivity contribution >= 4 is 73.2 Å². The molecule has 3 heterocycles. The van der Waals surface area contributed by atoms with Crippen LogP contribution in [0.5, 0.6) is 0 Å². The van der Waals surface area contributed by atoms with Crippen molar-refractivity contribution in [3.8, 4) is 22.4 Å². The summed E-state index contributed by atoms with van der Waals surface area (Å²) in [6.07, 6.45) is 2.10. The third kappa shape index (κ3) is 11.6. The number of hydrogen-bond donors (Lipinski definition) is 4. The lowest BCUT2D eigenvalue weighted by Crippen LogP contribution is -2.46. The summed E-state index contributed by atoms with van der Waals surface area (Å²) < 4.78 is 57.3. The van der Waals surface area contributed by atoms with Crippen molar-refractivity contribution in [1.82, 2.24) is 9.47 Å². The molecule has 13 nitrogen and oxygen atoms in total. The number of piperazine rings is 1. The molecule has 0 spiro atoms. The maximum Gasteiger partial charge on any atom is 0.338 e. The minimum atomic E-state index is -4.17. The Morgan fingerprint density at radius 2 is 1.51 bits per heavy atom. The highest BCUT2D eigenvalue weighted by Gasteiger charge is 2.29. The number of thioether (sulfide) groups is 1. The summed E-state index contributed by atoms with van der Waals surface area (Å²) in [5, 5.41) is 24.8. The summed E-state index contributed by atoms with van der Waals surface area (Å²) in [5.41, 5.74) is 5.94. The van der Waals surface area contributed by atoms with Gasteiger partial charge in [-0.1, -0.05) is 54.1 Å². The van der Waals surface area contributed by atoms with E-state index in [1.54, 1.807) is 36.0 Å². The van der Waals surface area contributed by atoms with Crippen LogP contribution in [0.2, 0.25) is 5.02 Å². The van der Waals surface area contributed by atoms with E-state index >= 15 is 0 Å². The maximum absolute atomic E-state index is 13.7. The minimum absolute atomic E-state index is 0.133. The van der Waals surface area contributed by atoms with E-state index in [9.17, 15) is 32.2 Å². The first kappa shape index (κ1) is 49.1. The number of anilines is 4. The molecule has 4 N–H and O–H groups in total. The number of carboxylic acids is 1. The average Bonchev–Trinajstić information content (AvgIpc) is 3.60. The van der Waals surface area contributed by atoms with Gasteiger partial charge in [-0.2, -0.15) is 0 Å². The number of carboxylic acid groups (broad SMARTS) is 1. The second kappa shape index (κ2) is 21.1. The summed E-state index contributed by atoms with van der Waals surface area (Å²) in [5.74, 6) is -0.338. The average molecular weight is 997 g/mol. The number of likely N-dealkylation sites (tertiary alicyclic amines) is 1. The third-order valence-corrected chi connectivity index (χ3v) is 16.5. The standard InChI is InChI=1S/C51H57ClN6O7S3/c1-35-47(50(59)60)48(49(55(35)3)36-12-14-38(52)15-13-36)37-8-7-9-42(32-37)58-30-28-57(29-31-58)41-18-16-39(17-19-41)54-68(64,65)44-20-21-45(46(33-44)67(62)63)53-40(34-66-43-10-5-4-6-11-43)22-25-56-26-23-51(2,61)24-27-56/h4-21,32-33,40,53-54,61H,22-31,34H2,1-3H3,(H,59,60)(H,62,63)/p-1/t40-/m1/s1. The molecule has 0 radical (unpaired) electrons. The number of hydrogen-bond acceptors (Lipinski definition) is 11. The number of rotatable bonds is 17. The number of benzene rings is 5. The number of aliphatic hydroxyl groups is 1. The van der Waals surface area contributed by atoms with Gasteiger partial charge in [0.1, 0.15) is 0 Å². The molecule has 6 aromatic rings. The van der Waals surface area contributed by atoms with E-state index in [0.29, 0.717) is 78.8 Å². The van der Waals surface area contributed by atoms with Gasteiger partial charge in [-0.15, -0.1) is 11.8 Å². The van der Waals surface area contributed by atoms with Crippen LogP contribution in [0.3, 0.4) is 0 Å². The number of piperidine rings is 1. The normalized spacial score (nSPS) is 16.3. The smallest absolute Gasteiger partial charge is 0.338 e. The number of nitrogens with one attached hydrogen (secondary N) is 2. The molecule has 0 bridgehead atoms. The van der Waals surface area contributed by atoms with Crippen LogP contribution in [0.1, 0.15) is 42.2 Å². The molecule has 17 heteroatoms. The fraction of sp³-hybridized carbons (Fsp3) is 0.314. The third-order valence-electron chi connectivity index (χ3n) is 13.0. The summed E-state index contributed by atoms with van der Waals surface area (Å²) in [4.78, 5) is 20.2. The monoisotopic (exact) mass is 995 g/mol. The summed E-state index contributed by atoms with van der Waals surface area (Å²) in [6.45, 7) is 8.79. The lowest BCUT2D eigenvalue weighted by Gasteiger charge is -2.37. The molecule has 5 aromatic carbocycles. The van der Waals surface area contributed by atoms with Crippen LogP contribution in [0.25, 0.3) is 22.4 Å². The largest absolute Gasteiger partial charge is 0.768 e. The fourth-order valence-electron chi connectivity index (χ4n) is 8.98. The topological polar surface area (TPSA) is 171 Å². The van der Waals surface area contributed by atoms with E-state index in [0.717, 1.165) is 52.7 Å². The Labute approximate surface area is 410 Å². The van der Waals surface area contributed by atoms with Crippen molar-refractivity contribution in [2.45, 2.75) is 59.4 Å². The predicted octanol–water partition coefficient (Wildman–Crippen LogP) is 9.19. The zero-order valence-corrected chi connectivity index (χ0v) is 41.4. The van der Waals surface area contributed by atoms with Gasteiger partial charge < -0.3 is 39.3 Å². The van der Waals surface area contributed by atoms with E-state index in [-0.39, 0.29) is 21.4 Å². The van der Waals surface area contributed by atoms with Crippen LogP contribution < -0.4 is 19.8 Å². The van der Waals surface area contributed by atoms with E-state index in [1.807, 2.05) is 104 Å². The van der Waals surface area contributed by atoms with Crippen molar-refractivity contribution < 1.29 is 32.2 Å². The van der Waals surface area contributed by atoms with Crippen molar-refractivity contribution in [2.75, 3.05) is 71.4 Å². The lowest BCUT2D eigenvalue weighted by molar-refractivity contribution is -0.00556. The first-order valence-electron chi connectivity index (χ1n) is 22.6. The number of halogens is 1. The van der Waals surface area contributed by atoms with Crippen LogP contribution in [-0.2, 0) is 28.2 Å². The molecule has 0 amide bonds. The van der Waals surface area contributed by atoms with E-state index < -0.39 is 32.7 Å². The Hall–Kier alpha value is -5.33. The molecule has 2 atom stereocenters. The quantitative estimate of drug-likeness (QED) is 0.0506. The first-order valence-corrected chi connectivity index (χ1v) is 26.5. The molecule has 2 saturated heterocycles. The van der Waals surface area contributed by atoms with Gasteiger partial charge in [-0.25, -0.2) is 13.2 Å². The molecule has 2 aliphatic rings. The van der Waals surface area contributed by atoms with Crippen LogP contribution in [0, 0.1) is 6.92 Å². The summed E-state index contributed by atoms with van der Waals surface area (Å²) >= 11 is 5.13. The Balaban J connectivity index is 0.916. The van der Waals surface area contributed by atoms with Crippen molar-refractivity contribution in [1.29, 1.82) is 0 Å². The Bertz CT molecular complexity index is 2860. The van der Waals surface area contributed by atoms with Crippen molar-refractivity contribution in [2.24, 2.45) is 7.05 Å². The van der Waals surface area contributed by atoms with E-state index in [1.165, 1.54) is 18.2 Å². The van der Waals surface area contributed by atoms with Crippen LogP contribution in [0.4, 0.5) is 22.7 Å². The van der Waals surface area contributed by atoms with Gasteiger partial charge in [-0.3, -0.25) is 8.93 Å². The second-order valence-corrected chi connectivity index (χ2v) is 21.8. The van der Waals surface area contributed by atoms with Crippen LogP contribution >= 0.6 is 23.4 Å². The molecule has 0 aliphatic carbocycles. The predicted molar refractivity (Wildman–Crippen MR) is 274 cm³/mol. The van der Waals surface area contributed by atoms with Crippen LogP contribution in [-0.4, -0.2) is 106 Å². The van der Waals surface area contributed by atoms with Crippen molar-refractivity contribution in [3.63, 3.8) is 0 Å². The van der Waals surface area contributed by atoms with E-state index in [4.69, 9.17) is 11.6 Å². The Morgan fingerprint density at radius 3 is 2.16 bits per heavy atom. The number of nitrogens with zero attached hydrogens (tertiary/aromatic N) is 4. The molecule has 8 rings (SSSR count). The highest BCUT2D eigenvalue weighted by atomic mass is 35.5. The number of aromatic carboxylic acids is 1. The summed E-state index contributed by atoms with van der Waals surface area (Å²) in [7, 11) is -2.29. The summed E-state index contributed by atoms with van der Waals surface area (Å²) in [6, 6.07) is 36.5. The zero-order valence-electron chi connectivity index (χ0n) is 38.2. The highest BCUT2D eigenvalue weighted by Crippen LogP contribution is 2.40. The number of carbonyl (C=O) groups is 1. The van der Waals surface area contributed by atoms with Gasteiger partial charge in [-0.05, 0) is 134 Å². The molecule has 1 unspecified atom stereocenters.